The molecular weight excluding hydrogens is 407 g/mol. The summed E-state index contributed by atoms with van der Waals surface area (Å²) in [6.07, 6.45) is 1.73. The minimum atomic E-state index is 0.0705. The Hall–Kier alpha value is -1.75. The fourth-order valence-electron chi connectivity index (χ4n) is 3.69. The number of benzene rings is 2. The Labute approximate surface area is 183 Å². The van der Waals surface area contributed by atoms with Crippen molar-refractivity contribution in [3.63, 3.8) is 0 Å². The minimum absolute atomic E-state index is 0.0705. The number of nitrogens with zero attached hydrogens (tertiary/aromatic N) is 1. The Balaban J connectivity index is 1.36. The van der Waals surface area contributed by atoms with Gasteiger partial charge in [0.1, 0.15) is 12.4 Å². The van der Waals surface area contributed by atoms with E-state index in [1.165, 1.54) is 5.56 Å². The molecule has 156 valence electrons. The predicted octanol–water partition coefficient (Wildman–Crippen LogP) is 5.02. The van der Waals surface area contributed by atoms with Crippen LogP contribution in [0.4, 0.5) is 0 Å². The number of aryl methyl sites for hydroxylation is 2. The molecule has 6 heteroatoms. The minimum Gasteiger partial charge on any atom is -0.491 e. The van der Waals surface area contributed by atoms with E-state index in [1.54, 1.807) is 0 Å². The SMILES string of the molecule is Cc1ccc(OCCNC(=O)C2CCN(Cc3ccc(Cl)c(Cl)c3)CC2)c(C)c1. The number of carbonyl (C=O) groups excluding carboxylic acids is 1. The Morgan fingerprint density at radius 3 is 2.55 bits per heavy atom. The summed E-state index contributed by atoms with van der Waals surface area (Å²) in [7, 11) is 0. The summed E-state index contributed by atoms with van der Waals surface area (Å²) >= 11 is 12.1. The topological polar surface area (TPSA) is 41.6 Å². The molecule has 0 atom stereocenters. The molecule has 0 aromatic heterocycles. The highest BCUT2D eigenvalue weighted by atomic mass is 35.5. The number of ether oxygens (including phenoxy) is 1. The Morgan fingerprint density at radius 1 is 1.10 bits per heavy atom. The van der Waals surface area contributed by atoms with Gasteiger partial charge in [-0.3, -0.25) is 9.69 Å². The third-order valence-electron chi connectivity index (χ3n) is 5.34. The molecule has 0 bridgehead atoms. The van der Waals surface area contributed by atoms with Crippen molar-refractivity contribution >= 4 is 29.1 Å². The summed E-state index contributed by atoms with van der Waals surface area (Å²) in [5.41, 5.74) is 3.48. The molecule has 1 heterocycles. The molecule has 0 saturated carbocycles. The molecule has 2 aromatic carbocycles. The number of hydrogen-bond donors (Lipinski definition) is 1. The van der Waals surface area contributed by atoms with Gasteiger partial charge in [-0.15, -0.1) is 0 Å². The van der Waals surface area contributed by atoms with Crippen molar-refractivity contribution in [1.29, 1.82) is 0 Å². The van der Waals surface area contributed by atoms with Crippen molar-refractivity contribution in [3.8, 4) is 5.75 Å². The maximum Gasteiger partial charge on any atom is 0.223 e. The van der Waals surface area contributed by atoms with E-state index in [-0.39, 0.29) is 11.8 Å². The van der Waals surface area contributed by atoms with Crippen LogP contribution >= 0.6 is 23.2 Å². The number of carbonyl (C=O) groups is 1. The van der Waals surface area contributed by atoms with E-state index in [4.69, 9.17) is 27.9 Å². The van der Waals surface area contributed by atoms with Gasteiger partial charge in [0, 0.05) is 12.5 Å². The zero-order valence-electron chi connectivity index (χ0n) is 17.0. The molecule has 0 unspecified atom stereocenters. The van der Waals surface area contributed by atoms with Crippen molar-refractivity contribution in [2.24, 2.45) is 5.92 Å². The van der Waals surface area contributed by atoms with Gasteiger partial charge in [0.15, 0.2) is 0 Å². The van der Waals surface area contributed by atoms with Gasteiger partial charge in [-0.2, -0.15) is 0 Å². The van der Waals surface area contributed by atoms with Gasteiger partial charge in [-0.05, 0) is 69.1 Å². The second-order valence-corrected chi connectivity index (χ2v) is 8.52. The molecule has 4 nitrogen and oxygen atoms in total. The summed E-state index contributed by atoms with van der Waals surface area (Å²) < 4.78 is 5.79. The highest BCUT2D eigenvalue weighted by Crippen LogP contribution is 2.25. The van der Waals surface area contributed by atoms with E-state index >= 15 is 0 Å². The normalized spacial score (nSPS) is 15.3. The van der Waals surface area contributed by atoms with Crippen molar-refractivity contribution in [2.75, 3.05) is 26.2 Å². The molecule has 3 rings (SSSR count). The first-order chi connectivity index (χ1) is 13.9. The molecule has 1 saturated heterocycles. The van der Waals surface area contributed by atoms with Crippen LogP contribution in [-0.2, 0) is 11.3 Å². The number of hydrogen-bond acceptors (Lipinski definition) is 3. The quantitative estimate of drug-likeness (QED) is 0.622. The zero-order valence-corrected chi connectivity index (χ0v) is 18.5. The molecule has 1 aliphatic rings. The highest BCUT2D eigenvalue weighted by Gasteiger charge is 2.24. The molecule has 0 radical (unpaired) electrons. The van der Waals surface area contributed by atoms with Crippen molar-refractivity contribution in [1.82, 2.24) is 10.2 Å². The van der Waals surface area contributed by atoms with Gasteiger partial charge in [0.05, 0.1) is 16.6 Å². The first-order valence-electron chi connectivity index (χ1n) is 10.1. The zero-order chi connectivity index (χ0) is 20.8. The lowest BCUT2D eigenvalue weighted by molar-refractivity contribution is -0.126. The third-order valence-corrected chi connectivity index (χ3v) is 6.08. The molecule has 1 aliphatic heterocycles. The van der Waals surface area contributed by atoms with Crippen LogP contribution in [-0.4, -0.2) is 37.0 Å². The Bertz CT molecular complexity index is 849. The van der Waals surface area contributed by atoms with Crippen LogP contribution in [0.5, 0.6) is 5.75 Å². The number of nitrogens with one attached hydrogen (secondary N) is 1. The molecule has 2 aromatic rings. The van der Waals surface area contributed by atoms with Gasteiger partial charge in [0.25, 0.3) is 0 Å². The van der Waals surface area contributed by atoms with Crippen LogP contribution in [0.3, 0.4) is 0 Å². The fraction of sp³-hybridized carbons (Fsp3) is 0.435. The lowest BCUT2D eigenvalue weighted by atomic mass is 9.95. The average molecular weight is 435 g/mol. The maximum absolute atomic E-state index is 12.5. The largest absolute Gasteiger partial charge is 0.491 e. The summed E-state index contributed by atoms with van der Waals surface area (Å²) in [5, 5.41) is 4.18. The summed E-state index contributed by atoms with van der Waals surface area (Å²) in [4.78, 5) is 14.8. The van der Waals surface area contributed by atoms with Gasteiger partial charge < -0.3 is 10.1 Å². The number of halogens is 2. The second kappa shape index (κ2) is 10.3. The molecule has 1 amide bonds. The number of likely N-dealkylation sites (tertiary alicyclic amines) is 1. The van der Waals surface area contributed by atoms with Crippen LogP contribution < -0.4 is 10.1 Å². The van der Waals surface area contributed by atoms with Crippen LogP contribution in [0.25, 0.3) is 0 Å². The summed E-state index contributed by atoms with van der Waals surface area (Å²) in [5.74, 6) is 1.07. The third kappa shape index (κ3) is 6.36. The molecule has 1 N–H and O–H groups in total. The predicted molar refractivity (Wildman–Crippen MR) is 119 cm³/mol. The van der Waals surface area contributed by atoms with Crippen LogP contribution in [0.1, 0.15) is 29.5 Å². The standard InChI is InChI=1S/C23H28Cl2N2O2/c1-16-3-6-22(17(2)13-16)29-12-9-26-23(28)19-7-10-27(11-8-19)15-18-4-5-20(24)21(25)14-18/h3-6,13-14,19H,7-12,15H2,1-2H3,(H,26,28). The van der Waals surface area contributed by atoms with Gasteiger partial charge >= 0.3 is 0 Å². The molecule has 29 heavy (non-hydrogen) atoms. The van der Waals surface area contributed by atoms with Gasteiger partial charge in [0.2, 0.25) is 5.91 Å². The molecule has 0 spiro atoms. The second-order valence-electron chi connectivity index (χ2n) is 7.71. The summed E-state index contributed by atoms with van der Waals surface area (Å²) in [6.45, 7) is 7.73. The highest BCUT2D eigenvalue weighted by molar-refractivity contribution is 6.42. The lowest BCUT2D eigenvalue weighted by Gasteiger charge is -2.31. The lowest BCUT2D eigenvalue weighted by Crippen LogP contribution is -2.41. The Kier molecular flexibility index (Phi) is 7.82. The molecule has 1 fully saturated rings. The van der Waals surface area contributed by atoms with E-state index in [0.717, 1.165) is 49.4 Å². The van der Waals surface area contributed by atoms with Gasteiger partial charge in [-0.1, -0.05) is 47.0 Å². The first kappa shape index (κ1) is 21.9. The fourth-order valence-corrected chi connectivity index (χ4v) is 4.01. The van der Waals surface area contributed by atoms with E-state index in [0.29, 0.717) is 23.2 Å². The maximum atomic E-state index is 12.5. The summed E-state index contributed by atoms with van der Waals surface area (Å²) in [6, 6.07) is 11.9. The smallest absolute Gasteiger partial charge is 0.223 e. The van der Waals surface area contributed by atoms with E-state index in [2.05, 4.69) is 23.2 Å². The van der Waals surface area contributed by atoms with E-state index in [9.17, 15) is 4.79 Å². The van der Waals surface area contributed by atoms with E-state index < -0.39 is 0 Å². The van der Waals surface area contributed by atoms with Gasteiger partial charge in [-0.25, -0.2) is 0 Å². The molecule has 0 aliphatic carbocycles. The number of amides is 1. The monoisotopic (exact) mass is 434 g/mol. The van der Waals surface area contributed by atoms with Crippen LogP contribution in [0.2, 0.25) is 10.0 Å². The first-order valence-corrected chi connectivity index (χ1v) is 10.8. The van der Waals surface area contributed by atoms with Crippen molar-refractivity contribution < 1.29 is 9.53 Å². The number of piperidine rings is 1. The van der Waals surface area contributed by atoms with Crippen LogP contribution in [0, 0.1) is 19.8 Å². The van der Waals surface area contributed by atoms with Crippen molar-refractivity contribution in [2.45, 2.75) is 33.2 Å². The Morgan fingerprint density at radius 2 is 1.86 bits per heavy atom. The molecular formula is C23H28Cl2N2O2. The van der Waals surface area contributed by atoms with E-state index in [1.807, 2.05) is 37.3 Å². The van der Waals surface area contributed by atoms with Crippen LogP contribution in [0.15, 0.2) is 36.4 Å². The average Bonchev–Trinajstić information content (AvgIpc) is 2.70. The number of rotatable bonds is 7. The van der Waals surface area contributed by atoms with Crippen molar-refractivity contribution in [3.05, 3.63) is 63.1 Å².